The van der Waals surface area contributed by atoms with Crippen LogP contribution < -0.4 is 10.1 Å². The molecule has 0 radical (unpaired) electrons. The fraction of sp³-hybridized carbons (Fsp3) is 0.393. The van der Waals surface area contributed by atoms with E-state index < -0.39 is 0 Å². The van der Waals surface area contributed by atoms with Gasteiger partial charge in [-0.3, -0.25) is 9.59 Å². The number of pyridine rings is 1. The lowest BCUT2D eigenvalue weighted by molar-refractivity contribution is -0.122. The summed E-state index contributed by atoms with van der Waals surface area (Å²) in [6, 6.07) is 9.38. The summed E-state index contributed by atoms with van der Waals surface area (Å²) in [5.41, 5.74) is 1.52. The molecule has 0 aliphatic carbocycles. The van der Waals surface area contributed by atoms with Gasteiger partial charge in [0, 0.05) is 43.6 Å². The summed E-state index contributed by atoms with van der Waals surface area (Å²) in [6.45, 7) is 2.42. The van der Waals surface area contributed by atoms with E-state index in [1.54, 1.807) is 25.8 Å². The molecule has 0 bridgehead atoms. The van der Waals surface area contributed by atoms with Crippen LogP contribution in [0.1, 0.15) is 63.8 Å². The van der Waals surface area contributed by atoms with Gasteiger partial charge in [-0.1, -0.05) is 38.0 Å². The van der Waals surface area contributed by atoms with Gasteiger partial charge in [0.15, 0.2) is 5.76 Å². The van der Waals surface area contributed by atoms with Gasteiger partial charge in [-0.2, -0.15) is 0 Å². The molecule has 0 aliphatic rings. The summed E-state index contributed by atoms with van der Waals surface area (Å²) in [6.07, 6.45) is 11.6. The van der Waals surface area contributed by atoms with Gasteiger partial charge in [-0.05, 0) is 25.0 Å². The molecular formula is C28H33N5O4. The third kappa shape index (κ3) is 7.03. The number of hydrogen-bond acceptors (Lipinski definition) is 7. The van der Waals surface area contributed by atoms with E-state index in [1.165, 1.54) is 0 Å². The maximum Gasteiger partial charge on any atom is 0.224 e. The zero-order valence-corrected chi connectivity index (χ0v) is 21.4. The van der Waals surface area contributed by atoms with E-state index in [0.29, 0.717) is 55.3 Å². The van der Waals surface area contributed by atoms with Gasteiger partial charge in [0.25, 0.3) is 0 Å². The number of Topliss-reactive ketones (excluding diaryl/α,β-unsaturated/α-hetero) is 1. The molecule has 0 aliphatic heterocycles. The molecule has 37 heavy (non-hydrogen) atoms. The summed E-state index contributed by atoms with van der Waals surface area (Å²) < 4.78 is 13.6. The van der Waals surface area contributed by atoms with Crippen molar-refractivity contribution in [3.8, 4) is 17.2 Å². The highest BCUT2D eigenvalue weighted by Crippen LogP contribution is 2.33. The standard InChI is InChI=1S/C28H33N5O4/c1-3-21(34)10-5-4-6-12-24(31-26(35)13-15-33-16-14-29-19-33)28-30-18-25(37-28)22-17-20-9-7-8-11-23(20)32-27(22)36-2/h7-9,11,14,16-19,24H,3-6,10,12-13,15H2,1-2H3,(H,31,35). The number of carbonyl (C=O) groups is 2. The molecule has 0 spiro atoms. The number of methoxy groups -OCH3 is 1. The number of imidazole rings is 1. The van der Waals surface area contributed by atoms with Crippen molar-refractivity contribution in [3.63, 3.8) is 0 Å². The number of carbonyl (C=O) groups excluding carboxylic acids is 2. The van der Waals surface area contributed by atoms with Crippen LogP contribution in [0.25, 0.3) is 22.2 Å². The van der Waals surface area contributed by atoms with Crippen molar-refractivity contribution in [1.82, 2.24) is 24.8 Å². The molecular weight excluding hydrogens is 470 g/mol. The Hall–Kier alpha value is -4.01. The Labute approximate surface area is 216 Å². The number of unbranched alkanes of at least 4 members (excludes halogenated alkanes) is 2. The number of nitrogens with zero attached hydrogens (tertiary/aromatic N) is 4. The maximum atomic E-state index is 12.8. The molecule has 194 valence electrons. The van der Waals surface area contributed by atoms with Gasteiger partial charge >= 0.3 is 0 Å². The second kappa shape index (κ2) is 12.8. The normalized spacial score (nSPS) is 11.9. The van der Waals surface area contributed by atoms with Crippen molar-refractivity contribution in [2.75, 3.05) is 7.11 Å². The monoisotopic (exact) mass is 503 g/mol. The minimum atomic E-state index is -0.384. The van der Waals surface area contributed by atoms with Crippen molar-refractivity contribution in [1.29, 1.82) is 0 Å². The second-order valence-electron chi connectivity index (χ2n) is 8.96. The largest absolute Gasteiger partial charge is 0.480 e. The van der Waals surface area contributed by atoms with Crippen LogP contribution in [-0.4, -0.2) is 38.3 Å². The number of para-hydroxylation sites is 1. The smallest absolute Gasteiger partial charge is 0.224 e. The fourth-order valence-corrected chi connectivity index (χ4v) is 4.20. The zero-order chi connectivity index (χ0) is 26.0. The molecule has 1 atom stereocenters. The third-order valence-electron chi connectivity index (χ3n) is 6.30. The van der Waals surface area contributed by atoms with E-state index in [2.05, 4.69) is 20.3 Å². The van der Waals surface area contributed by atoms with Crippen LogP contribution >= 0.6 is 0 Å². The van der Waals surface area contributed by atoms with Crippen LogP contribution in [0.15, 0.2) is 59.7 Å². The first-order valence-corrected chi connectivity index (χ1v) is 12.7. The minimum Gasteiger partial charge on any atom is -0.480 e. The fourth-order valence-electron chi connectivity index (χ4n) is 4.20. The highest BCUT2D eigenvalue weighted by molar-refractivity contribution is 5.85. The summed E-state index contributed by atoms with van der Waals surface area (Å²) in [7, 11) is 1.57. The number of oxazole rings is 1. The number of aromatic nitrogens is 4. The third-order valence-corrected chi connectivity index (χ3v) is 6.30. The predicted molar refractivity (Wildman–Crippen MR) is 140 cm³/mol. The lowest BCUT2D eigenvalue weighted by atomic mass is 10.0. The molecule has 1 unspecified atom stereocenters. The van der Waals surface area contributed by atoms with Crippen LogP contribution in [0.3, 0.4) is 0 Å². The number of amides is 1. The van der Waals surface area contributed by atoms with Gasteiger partial charge < -0.3 is 19.0 Å². The van der Waals surface area contributed by atoms with Crippen LogP contribution in [0.5, 0.6) is 5.88 Å². The topological polar surface area (TPSA) is 112 Å². The van der Waals surface area contributed by atoms with Gasteiger partial charge in [0.1, 0.15) is 11.8 Å². The van der Waals surface area contributed by atoms with E-state index in [9.17, 15) is 9.59 Å². The summed E-state index contributed by atoms with van der Waals surface area (Å²) in [5, 5.41) is 4.05. The zero-order valence-electron chi connectivity index (χ0n) is 21.4. The number of hydrogen-bond donors (Lipinski definition) is 1. The predicted octanol–water partition coefficient (Wildman–Crippen LogP) is 5.27. The van der Waals surface area contributed by atoms with Gasteiger partial charge in [0.05, 0.1) is 30.7 Å². The summed E-state index contributed by atoms with van der Waals surface area (Å²) in [5.74, 6) is 1.59. The average Bonchev–Trinajstić information content (AvgIpc) is 3.63. The van der Waals surface area contributed by atoms with Gasteiger partial charge in [0.2, 0.25) is 17.7 Å². The SMILES string of the molecule is CCC(=O)CCCCCC(NC(=O)CCn1ccnc1)c1ncc(-c2cc3ccccc3nc2OC)o1. The van der Waals surface area contributed by atoms with Crippen molar-refractivity contribution < 1.29 is 18.7 Å². The van der Waals surface area contributed by atoms with Crippen molar-refractivity contribution in [2.45, 2.75) is 64.5 Å². The molecule has 4 aromatic rings. The van der Waals surface area contributed by atoms with Crippen LogP contribution in [0.4, 0.5) is 0 Å². The Morgan fingerprint density at radius 1 is 1.16 bits per heavy atom. The Morgan fingerprint density at radius 3 is 2.81 bits per heavy atom. The van der Waals surface area contributed by atoms with E-state index in [1.807, 2.05) is 48.0 Å². The highest BCUT2D eigenvalue weighted by Gasteiger charge is 2.22. The number of ketones is 1. The highest BCUT2D eigenvalue weighted by atomic mass is 16.5. The molecule has 1 aromatic carbocycles. The Morgan fingerprint density at radius 2 is 2.03 bits per heavy atom. The lowest BCUT2D eigenvalue weighted by Gasteiger charge is -2.16. The molecule has 0 saturated carbocycles. The van der Waals surface area contributed by atoms with E-state index >= 15 is 0 Å². The molecule has 3 aromatic heterocycles. The average molecular weight is 504 g/mol. The molecule has 9 nitrogen and oxygen atoms in total. The Bertz CT molecular complexity index is 1320. The van der Waals surface area contributed by atoms with Crippen molar-refractivity contribution in [3.05, 3.63) is 61.1 Å². The molecule has 1 N–H and O–H groups in total. The Kier molecular flexibility index (Phi) is 9.02. The minimum absolute atomic E-state index is 0.0930. The number of benzene rings is 1. The number of aryl methyl sites for hydroxylation is 1. The lowest BCUT2D eigenvalue weighted by Crippen LogP contribution is -2.29. The number of ether oxygens (including phenoxy) is 1. The first-order valence-electron chi connectivity index (χ1n) is 12.7. The van der Waals surface area contributed by atoms with E-state index in [0.717, 1.165) is 30.2 Å². The molecule has 3 heterocycles. The summed E-state index contributed by atoms with van der Waals surface area (Å²) in [4.78, 5) is 37.5. The van der Waals surface area contributed by atoms with E-state index in [4.69, 9.17) is 9.15 Å². The van der Waals surface area contributed by atoms with Crippen LogP contribution in [-0.2, 0) is 16.1 Å². The number of nitrogens with one attached hydrogen (secondary N) is 1. The van der Waals surface area contributed by atoms with Gasteiger partial charge in [-0.25, -0.2) is 15.0 Å². The van der Waals surface area contributed by atoms with Crippen molar-refractivity contribution >= 4 is 22.6 Å². The summed E-state index contributed by atoms with van der Waals surface area (Å²) >= 11 is 0. The van der Waals surface area contributed by atoms with Crippen molar-refractivity contribution in [2.24, 2.45) is 0 Å². The first kappa shape index (κ1) is 26.1. The van der Waals surface area contributed by atoms with Gasteiger partial charge in [-0.15, -0.1) is 0 Å². The second-order valence-corrected chi connectivity index (χ2v) is 8.96. The maximum absolute atomic E-state index is 12.8. The quantitative estimate of drug-likeness (QED) is 0.233. The molecule has 0 saturated heterocycles. The molecule has 0 fully saturated rings. The number of rotatable bonds is 14. The molecule has 1 amide bonds. The molecule has 9 heteroatoms. The van der Waals surface area contributed by atoms with Crippen LogP contribution in [0, 0.1) is 0 Å². The van der Waals surface area contributed by atoms with Crippen LogP contribution in [0.2, 0.25) is 0 Å². The molecule has 4 rings (SSSR count). The first-order chi connectivity index (χ1) is 18.1. The van der Waals surface area contributed by atoms with E-state index in [-0.39, 0.29) is 17.7 Å². The number of fused-ring (bicyclic) bond motifs is 1. The Balaban J connectivity index is 1.49.